The van der Waals surface area contributed by atoms with Crippen LogP contribution in [0.2, 0.25) is 0 Å². The van der Waals surface area contributed by atoms with Crippen molar-refractivity contribution in [2.24, 2.45) is 5.92 Å². The Bertz CT molecular complexity index is 1060. The van der Waals surface area contributed by atoms with Gasteiger partial charge >= 0.3 is 0 Å². The van der Waals surface area contributed by atoms with E-state index in [0.29, 0.717) is 30.2 Å². The molecule has 0 saturated carbocycles. The second-order valence-electron chi connectivity index (χ2n) is 7.72. The highest BCUT2D eigenvalue weighted by Crippen LogP contribution is 2.55. The van der Waals surface area contributed by atoms with Crippen LogP contribution < -0.4 is 9.64 Å². The number of benzene rings is 2. The molecule has 154 valence electrons. The first-order chi connectivity index (χ1) is 14.4. The number of hydrogen-bond donors (Lipinski definition) is 0. The number of amides is 2. The SMILES string of the molecule is COc1ccc2c(c1)[C@]1(SCCN1C(=O)C(C)C)C(=O)N2Cc1cccc(C#N)c1. The van der Waals surface area contributed by atoms with Crippen LogP contribution in [0.1, 0.15) is 30.5 Å². The summed E-state index contributed by atoms with van der Waals surface area (Å²) in [5, 5.41) is 9.21. The molecule has 2 aliphatic heterocycles. The predicted molar refractivity (Wildman–Crippen MR) is 116 cm³/mol. The van der Waals surface area contributed by atoms with Crippen LogP contribution in [0.15, 0.2) is 42.5 Å². The van der Waals surface area contributed by atoms with Crippen molar-refractivity contribution < 1.29 is 14.3 Å². The van der Waals surface area contributed by atoms with Crippen LogP contribution in [0.4, 0.5) is 5.69 Å². The van der Waals surface area contributed by atoms with Crippen LogP contribution in [-0.2, 0) is 21.0 Å². The molecule has 0 aromatic heterocycles. The fourth-order valence-electron chi connectivity index (χ4n) is 4.13. The molecule has 0 aliphatic carbocycles. The van der Waals surface area contributed by atoms with Crippen molar-refractivity contribution in [3.8, 4) is 11.8 Å². The van der Waals surface area contributed by atoms with E-state index in [2.05, 4.69) is 6.07 Å². The lowest BCUT2D eigenvalue weighted by Gasteiger charge is -2.34. The van der Waals surface area contributed by atoms with Gasteiger partial charge in [0.2, 0.25) is 5.91 Å². The monoisotopic (exact) mass is 421 g/mol. The van der Waals surface area contributed by atoms with Crippen LogP contribution >= 0.6 is 11.8 Å². The van der Waals surface area contributed by atoms with Crippen LogP contribution in [0, 0.1) is 17.2 Å². The van der Waals surface area contributed by atoms with Crippen molar-refractivity contribution in [2.45, 2.75) is 25.3 Å². The number of carbonyl (C=O) groups excluding carboxylic acids is 2. The summed E-state index contributed by atoms with van der Waals surface area (Å²) in [6, 6.07) is 15.0. The van der Waals surface area contributed by atoms with Crippen molar-refractivity contribution in [1.29, 1.82) is 5.26 Å². The first-order valence-electron chi connectivity index (χ1n) is 9.87. The van der Waals surface area contributed by atoms with Gasteiger partial charge in [0.05, 0.1) is 31.0 Å². The molecule has 1 spiro atoms. The van der Waals surface area contributed by atoms with Crippen LogP contribution in [-0.4, -0.2) is 36.1 Å². The summed E-state index contributed by atoms with van der Waals surface area (Å²) in [6.45, 7) is 4.58. The van der Waals surface area contributed by atoms with Gasteiger partial charge < -0.3 is 14.5 Å². The maximum Gasteiger partial charge on any atom is 0.268 e. The van der Waals surface area contributed by atoms with Crippen molar-refractivity contribution in [3.05, 3.63) is 59.2 Å². The third kappa shape index (κ3) is 3.03. The third-order valence-electron chi connectivity index (χ3n) is 5.56. The molecule has 1 saturated heterocycles. The summed E-state index contributed by atoms with van der Waals surface area (Å²) in [5.74, 6) is 0.987. The predicted octanol–water partition coefficient (Wildman–Crippen LogP) is 3.50. The largest absolute Gasteiger partial charge is 0.497 e. The molecule has 0 N–H and O–H groups in total. The normalized spacial score (nSPS) is 20.0. The highest BCUT2D eigenvalue weighted by Gasteiger charge is 2.59. The third-order valence-corrected chi connectivity index (χ3v) is 6.98. The van der Waals surface area contributed by atoms with E-state index < -0.39 is 4.87 Å². The maximum atomic E-state index is 13.9. The van der Waals surface area contributed by atoms with Crippen LogP contribution in [0.25, 0.3) is 0 Å². The molecule has 2 amide bonds. The van der Waals surface area contributed by atoms with Gasteiger partial charge in [-0.15, -0.1) is 11.8 Å². The molecular formula is C23H23N3O3S. The van der Waals surface area contributed by atoms with Crippen molar-refractivity contribution >= 4 is 29.3 Å². The van der Waals surface area contributed by atoms with Crippen LogP contribution in [0.5, 0.6) is 5.75 Å². The maximum absolute atomic E-state index is 13.9. The number of fused-ring (bicyclic) bond motifs is 2. The molecular weight excluding hydrogens is 398 g/mol. The molecule has 7 heteroatoms. The Kier molecular flexibility index (Phi) is 5.20. The Hall–Kier alpha value is -2.98. The fraction of sp³-hybridized carbons (Fsp3) is 0.348. The van der Waals surface area contributed by atoms with E-state index in [-0.39, 0.29) is 17.7 Å². The molecule has 2 aromatic rings. The lowest BCUT2D eigenvalue weighted by Crippen LogP contribution is -2.51. The molecule has 6 nitrogen and oxygen atoms in total. The van der Waals surface area contributed by atoms with E-state index >= 15 is 0 Å². The van der Waals surface area contributed by atoms with Crippen LogP contribution in [0.3, 0.4) is 0 Å². The standard InChI is InChI=1S/C23H23N3O3S/c1-15(2)21(27)26-9-10-30-23(26)19-12-18(29-3)7-8-20(19)25(22(23)28)14-17-6-4-5-16(11-17)13-24/h4-8,11-12,15H,9-10,14H2,1-3H3/t23-/m0/s1. The van der Waals surface area contributed by atoms with Gasteiger partial charge in [-0.3, -0.25) is 9.59 Å². The number of thioether (sulfide) groups is 1. The Balaban J connectivity index is 1.83. The number of methoxy groups -OCH3 is 1. The molecule has 0 bridgehead atoms. The first kappa shape index (κ1) is 20.3. The van der Waals surface area contributed by atoms with E-state index in [9.17, 15) is 14.9 Å². The molecule has 0 radical (unpaired) electrons. The molecule has 30 heavy (non-hydrogen) atoms. The van der Waals surface area contributed by atoms with Crippen molar-refractivity contribution in [3.63, 3.8) is 0 Å². The van der Waals surface area contributed by atoms with E-state index in [0.717, 1.165) is 16.8 Å². The molecule has 1 fully saturated rings. The highest BCUT2D eigenvalue weighted by atomic mass is 32.2. The topological polar surface area (TPSA) is 73.6 Å². The van der Waals surface area contributed by atoms with Crippen molar-refractivity contribution in [2.75, 3.05) is 24.3 Å². The zero-order valence-corrected chi connectivity index (χ0v) is 18.0. The van der Waals surface area contributed by atoms with Gasteiger partial charge in [0.25, 0.3) is 5.91 Å². The molecule has 2 aromatic carbocycles. The second-order valence-corrected chi connectivity index (χ2v) is 9.01. The molecule has 0 unspecified atom stereocenters. The zero-order valence-electron chi connectivity index (χ0n) is 17.2. The Morgan fingerprint density at radius 1 is 1.30 bits per heavy atom. The Morgan fingerprint density at radius 3 is 2.80 bits per heavy atom. The number of carbonyl (C=O) groups is 2. The number of anilines is 1. The van der Waals surface area contributed by atoms with Gasteiger partial charge in [-0.2, -0.15) is 5.26 Å². The molecule has 4 rings (SSSR count). The first-order valence-corrected chi connectivity index (χ1v) is 10.9. The number of nitrogens with zero attached hydrogens (tertiary/aromatic N) is 3. The average Bonchev–Trinajstić information content (AvgIpc) is 3.30. The number of nitriles is 1. The van der Waals surface area contributed by atoms with Gasteiger partial charge in [0.15, 0.2) is 4.87 Å². The van der Waals surface area contributed by atoms with Gasteiger partial charge in [-0.1, -0.05) is 26.0 Å². The minimum absolute atomic E-state index is 0.0320. The Labute approximate surface area is 180 Å². The number of hydrogen-bond acceptors (Lipinski definition) is 5. The van der Waals surface area contributed by atoms with Gasteiger partial charge in [0.1, 0.15) is 5.75 Å². The lowest BCUT2D eigenvalue weighted by atomic mass is 10.0. The molecule has 1 atom stereocenters. The summed E-state index contributed by atoms with van der Waals surface area (Å²) in [4.78, 5) is 29.3. The van der Waals surface area contributed by atoms with Gasteiger partial charge in [-0.25, -0.2) is 0 Å². The molecule has 2 heterocycles. The summed E-state index contributed by atoms with van der Waals surface area (Å²) < 4.78 is 5.43. The Morgan fingerprint density at radius 2 is 2.10 bits per heavy atom. The van der Waals surface area contributed by atoms with Gasteiger partial charge in [-0.05, 0) is 35.9 Å². The van der Waals surface area contributed by atoms with Crippen molar-refractivity contribution in [1.82, 2.24) is 4.90 Å². The second kappa shape index (κ2) is 7.69. The van der Waals surface area contributed by atoms with E-state index in [1.807, 2.05) is 44.2 Å². The quantitative estimate of drug-likeness (QED) is 0.755. The smallest absolute Gasteiger partial charge is 0.268 e. The minimum Gasteiger partial charge on any atom is -0.497 e. The summed E-state index contributed by atoms with van der Waals surface area (Å²) >= 11 is 1.50. The minimum atomic E-state index is -1.07. The van der Waals surface area contributed by atoms with E-state index in [1.54, 1.807) is 29.0 Å². The molecule has 2 aliphatic rings. The summed E-state index contributed by atoms with van der Waals surface area (Å²) in [5.41, 5.74) is 2.99. The van der Waals surface area contributed by atoms with Gasteiger partial charge in [0, 0.05) is 23.8 Å². The zero-order chi connectivity index (χ0) is 21.5. The van der Waals surface area contributed by atoms with E-state index in [1.165, 1.54) is 11.8 Å². The summed E-state index contributed by atoms with van der Waals surface area (Å²) in [7, 11) is 1.59. The fourth-order valence-corrected chi connectivity index (χ4v) is 5.59. The number of ether oxygens (including phenoxy) is 1. The average molecular weight is 422 g/mol. The summed E-state index contributed by atoms with van der Waals surface area (Å²) in [6.07, 6.45) is 0. The highest BCUT2D eigenvalue weighted by molar-refractivity contribution is 8.01. The number of rotatable bonds is 4. The van der Waals surface area contributed by atoms with E-state index in [4.69, 9.17) is 4.74 Å². The lowest BCUT2D eigenvalue weighted by molar-refractivity contribution is -0.142.